The van der Waals surface area contributed by atoms with Crippen molar-refractivity contribution in [3.8, 4) is 0 Å². The number of fused-ring (bicyclic) bond motifs is 1. The maximum Gasteiger partial charge on any atom is 0.174 e. The second-order valence-corrected chi connectivity index (χ2v) is 7.70. The molecule has 1 N–H and O–H groups in total. The molecule has 0 spiro atoms. The van der Waals surface area contributed by atoms with E-state index in [0.717, 1.165) is 23.9 Å². The largest absolute Gasteiger partial charge is 0.348 e. The first kappa shape index (κ1) is 17.8. The van der Waals surface area contributed by atoms with Crippen LogP contribution >= 0.6 is 12.2 Å². The molecule has 1 aromatic heterocycles. The van der Waals surface area contributed by atoms with E-state index in [-0.39, 0.29) is 6.04 Å². The number of rotatable bonds is 2. The molecule has 2 aromatic carbocycles. The first-order valence-electron chi connectivity index (χ1n) is 9.40. The Hall–Kier alpha value is -2.59. The Bertz CT molecular complexity index is 972. The van der Waals surface area contributed by atoms with Gasteiger partial charge in [0, 0.05) is 30.7 Å². The Morgan fingerprint density at radius 1 is 0.963 bits per heavy atom. The van der Waals surface area contributed by atoms with Crippen molar-refractivity contribution in [2.75, 3.05) is 11.9 Å². The lowest BCUT2D eigenvalue weighted by Crippen LogP contribution is -2.44. The minimum atomic E-state index is 0.125. The fourth-order valence-corrected chi connectivity index (χ4v) is 4.08. The quantitative estimate of drug-likeness (QED) is 0.621. The van der Waals surface area contributed by atoms with Crippen LogP contribution in [-0.2, 0) is 6.54 Å². The number of hydrogen-bond donors (Lipinski definition) is 1. The van der Waals surface area contributed by atoms with E-state index in [1.807, 2.05) is 0 Å². The summed E-state index contributed by atoms with van der Waals surface area (Å²) >= 11 is 5.87. The van der Waals surface area contributed by atoms with Crippen LogP contribution in [0.3, 0.4) is 0 Å². The third-order valence-electron chi connectivity index (χ3n) is 5.54. The maximum atomic E-state index is 5.87. The van der Waals surface area contributed by atoms with Crippen LogP contribution in [0.25, 0.3) is 0 Å². The lowest BCUT2D eigenvalue weighted by molar-refractivity contribution is 0.293. The molecule has 1 aliphatic heterocycles. The number of benzene rings is 2. The summed E-state index contributed by atoms with van der Waals surface area (Å²) in [5, 5.41) is 4.28. The predicted octanol–water partition coefficient (Wildman–Crippen LogP) is 5.22. The van der Waals surface area contributed by atoms with E-state index >= 15 is 0 Å². The van der Waals surface area contributed by atoms with E-state index in [9.17, 15) is 0 Å². The summed E-state index contributed by atoms with van der Waals surface area (Å²) in [6.07, 6.45) is 2.16. The average Bonchev–Trinajstić information content (AvgIpc) is 3.14. The predicted molar refractivity (Wildman–Crippen MR) is 116 cm³/mol. The minimum Gasteiger partial charge on any atom is -0.348 e. The second-order valence-electron chi connectivity index (χ2n) is 7.31. The van der Waals surface area contributed by atoms with Gasteiger partial charge in [-0.3, -0.25) is 0 Å². The summed E-state index contributed by atoms with van der Waals surface area (Å²) in [6.45, 7) is 8.22. The van der Waals surface area contributed by atoms with Crippen LogP contribution in [0.4, 0.5) is 5.69 Å². The van der Waals surface area contributed by atoms with E-state index in [1.165, 1.54) is 27.9 Å². The molecule has 3 aromatic rings. The SMILES string of the molecule is Cc1ccc(C2c3cccn3CCN2C(=S)Nc2cccc(C)c2C)cc1. The second kappa shape index (κ2) is 7.20. The molecule has 4 heteroatoms. The van der Waals surface area contributed by atoms with Crippen LogP contribution in [0.5, 0.6) is 0 Å². The van der Waals surface area contributed by atoms with Gasteiger partial charge in [0.05, 0.1) is 6.04 Å². The fraction of sp³-hybridized carbons (Fsp3) is 0.261. The van der Waals surface area contributed by atoms with Gasteiger partial charge in [0.15, 0.2) is 5.11 Å². The number of anilines is 1. The van der Waals surface area contributed by atoms with Crippen molar-refractivity contribution in [2.45, 2.75) is 33.4 Å². The van der Waals surface area contributed by atoms with Crippen LogP contribution in [0, 0.1) is 20.8 Å². The zero-order valence-corrected chi connectivity index (χ0v) is 16.9. The summed E-state index contributed by atoms with van der Waals surface area (Å²) in [4.78, 5) is 2.32. The van der Waals surface area contributed by atoms with Crippen LogP contribution in [0.1, 0.15) is 34.0 Å². The van der Waals surface area contributed by atoms with Crippen LogP contribution < -0.4 is 5.32 Å². The molecule has 4 rings (SSSR count). The molecule has 2 heterocycles. The first-order valence-corrected chi connectivity index (χ1v) is 9.81. The van der Waals surface area contributed by atoms with Gasteiger partial charge in [-0.05, 0) is 67.9 Å². The number of aryl methyl sites for hydroxylation is 2. The van der Waals surface area contributed by atoms with Crippen LogP contribution in [0.2, 0.25) is 0 Å². The van der Waals surface area contributed by atoms with Crippen LogP contribution in [-0.4, -0.2) is 21.1 Å². The highest BCUT2D eigenvalue weighted by Crippen LogP contribution is 2.33. The molecule has 1 atom stereocenters. The summed E-state index contributed by atoms with van der Waals surface area (Å²) in [7, 11) is 0. The Morgan fingerprint density at radius 2 is 1.74 bits per heavy atom. The fourth-order valence-electron chi connectivity index (χ4n) is 3.78. The smallest absolute Gasteiger partial charge is 0.174 e. The first-order chi connectivity index (χ1) is 13.0. The van der Waals surface area contributed by atoms with Gasteiger partial charge < -0.3 is 14.8 Å². The summed E-state index contributed by atoms with van der Waals surface area (Å²) in [5.41, 5.74) is 7.43. The zero-order valence-electron chi connectivity index (χ0n) is 16.1. The molecular weight excluding hydrogens is 350 g/mol. The van der Waals surface area contributed by atoms with Gasteiger partial charge in [-0.15, -0.1) is 0 Å². The molecule has 138 valence electrons. The van der Waals surface area contributed by atoms with Crippen molar-refractivity contribution in [1.29, 1.82) is 0 Å². The van der Waals surface area contributed by atoms with E-state index < -0.39 is 0 Å². The topological polar surface area (TPSA) is 20.2 Å². The number of aromatic nitrogens is 1. The van der Waals surface area contributed by atoms with E-state index in [1.54, 1.807) is 0 Å². The molecule has 0 radical (unpaired) electrons. The average molecular weight is 376 g/mol. The molecule has 1 unspecified atom stereocenters. The Balaban J connectivity index is 1.68. The highest BCUT2D eigenvalue weighted by atomic mass is 32.1. The zero-order chi connectivity index (χ0) is 19.0. The highest BCUT2D eigenvalue weighted by Gasteiger charge is 2.30. The molecule has 0 saturated carbocycles. The Kier molecular flexibility index (Phi) is 4.75. The standard InChI is InChI=1S/C23H25N3S/c1-16-9-11-19(12-10-16)22-21-8-5-13-25(21)14-15-26(22)23(27)24-20-7-4-6-17(2)18(20)3/h4-13,22H,14-15H2,1-3H3,(H,24,27). The van der Waals surface area contributed by atoms with Gasteiger partial charge in [0.25, 0.3) is 0 Å². The molecule has 3 nitrogen and oxygen atoms in total. The highest BCUT2D eigenvalue weighted by molar-refractivity contribution is 7.80. The lowest BCUT2D eigenvalue weighted by Gasteiger charge is -2.39. The summed E-state index contributed by atoms with van der Waals surface area (Å²) < 4.78 is 2.33. The summed E-state index contributed by atoms with van der Waals surface area (Å²) in [5.74, 6) is 0. The Labute approximate surface area is 166 Å². The number of thiocarbonyl (C=S) groups is 1. The van der Waals surface area contributed by atoms with E-state index in [2.05, 4.69) is 96.3 Å². The number of nitrogens with zero attached hydrogens (tertiary/aromatic N) is 2. The van der Waals surface area contributed by atoms with E-state index in [4.69, 9.17) is 12.2 Å². The number of nitrogens with one attached hydrogen (secondary N) is 1. The lowest BCUT2D eigenvalue weighted by atomic mass is 9.99. The minimum absolute atomic E-state index is 0.125. The van der Waals surface area contributed by atoms with Crippen molar-refractivity contribution in [1.82, 2.24) is 9.47 Å². The monoisotopic (exact) mass is 375 g/mol. The third-order valence-corrected chi connectivity index (χ3v) is 5.88. The third kappa shape index (κ3) is 3.37. The van der Waals surface area contributed by atoms with Gasteiger partial charge in [-0.1, -0.05) is 42.0 Å². The van der Waals surface area contributed by atoms with Crippen molar-refractivity contribution < 1.29 is 0 Å². The van der Waals surface area contributed by atoms with E-state index in [0.29, 0.717) is 0 Å². The Morgan fingerprint density at radius 3 is 2.52 bits per heavy atom. The molecule has 0 saturated heterocycles. The van der Waals surface area contributed by atoms with Gasteiger partial charge in [0.2, 0.25) is 0 Å². The van der Waals surface area contributed by atoms with Gasteiger partial charge >= 0.3 is 0 Å². The molecule has 0 bridgehead atoms. The summed E-state index contributed by atoms with van der Waals surface area (Å²) in [6, 6.07) is 19.6. The normalized spacial score (nSPS) is 16.1. The maximum absolute atomic E-state index is 5.87. The van der Waals surface area contributed by atoms with Crippen LogP contribution in [0.15, 0.2) is 60.8 Å². The van der Waals surface area contributed by atoms with Crippen molar-refractivity contribution in [2.24, 2.45) is 0 Å². The molecule has 0 amide bonds. The van der Waals surface area contributed by atoms with Gasteiger partial charge in [-0.25, -0.2) is 0 Å². The molecule has 0 aliphatic carbocycles. The molecule has 1 aliphatic rings. The van der Waals surface area contributed by atoms with Crippen molar-refractivity contribution in [3.63, 3.8) is 0 Å². The van der Waals surface area contributed by atoms with Gasteiger partial charge in [0.1, 0.15) is 0 Å². The van der Waals surface area contributed by atoms with Crippen molar-refractivity contribution in [3.05, 3.63) is 88.7 Å². The van der Waals surface area contributed by atoms with Gasteiger partial charge in [-0.2, -0.15) is 0 Å². The molecule has 27 heavy (non-hydrogen) atoms. The molecular formula is C23H25N3S. The molecule has 0 fully saturated rings. The van der Waals surface area contributed by atoms with Crippen molar-refractivity contribution >= 4 is 23.0 Å². The number of hydrogen-bond acceptors (Lipinski definition) is 1.